The fraction of sp³-hybridized carbons (Fsp3) is 0.667. The van der Waals surface area contributed by atoms with Crippen LogP contribution < -0.4 is 16.0 Å². The van der Waals surface area contributed by atoms with Gasteiger partial charge < -0.3 is 16.0 Å². The summed E-state index contributed by atoms with van der Waals surface area (Å²) in [6, 6.07) is 0.387. The number of nitrogens with one attached hydrogen (secondary N) is 3. The number of aromatic nitrogens is 1. The van der Waals surface area contributed by atoms with Crippen molar-refractivity contribution in [1.82, 2.24) is 20.9 Å². The first-order valence-electron chi connectivity index (χ1n) is 7.82. The number of hydrogen-bond acceptors (Lipinski definition) is 4. The van der Waals surface area contributed by atoms with E-state index >= 15 is 0 Å². The minimum atomic E-state index is 0. The third-order valence-corrected chi connectivity index (χ3v) is 4.58. The summed E-state index contributed by atoms with van der Waals surface area (Å²) in [6.07, 6.45) is 7.04. The zero-order chi connectivity index (χ0) is 15.8. The SMILES string of the molecule is CN=C(NCCC(=O)NC1CCCC1)NCc1ncc(C)s1.I. The molecule has 23 heavy (non-hydrogen) atoms. The number of carbonyl (C=O) groups excluding carboxylic acids is 1. The molecule has 6 nitrogen and oxygen atoms in total. The Labute approximate surface area is 159 Å². The lowest BCUT2D eigenvalue weighted by molar-refractivity contribution is -0.121. The number of amides is 1. The Kier molecular flexibility index (Phi) is 9.46. The molecule has 1 heterocycles. The molecule has 0 saturated heterocycles. The minimum Gasteiger partial charge on any atom is -0.356 e. The number of nitrogens with zero attached hydrogens (tertiary/aromatic N) is 2. The van der Waals surface area contributed by atoms with Crippen LogP contribution in [0.5, 0.6) is 0 Å². The highest BCUT2D eigenvalue weighted by molar-refractivity contribution is 14.0. The highest BCUT2D eigenvalue weighted by Crippen LogP contribution is 2.17. The van der Waals surface area contributed by atoms with Gasteiger partial charge >= 0.3 is 0 Å². The van der Waals surface area contributed by atoms with Gasteiger partial charge in [-0.1, -0.05) is 12.8 Å². The number of rotatable bonds is 6. The molecule has 0 atom stereocenters. The Balaban J connectivity index is 0.00000264. The van der Waals surface area contributed by atoms with Gasteiger partial charge in [-0.05, 0) is 19.8 Å². The number of aryl methyl sites for hydroxylation is 1. The Morgan fingerprint density at radius 3 is 2.74 bits per heavy atom. The van der Waals surface area contributed by atoms with Crippen molar-refractivity contribution >= 4 is 47.2 Å². The van der Waals surface area contributed by atoms with Gasteiger partial charge in [0.25, 0.3) is 0 Å². The zero-order valence-electron chi connectivity index (χ0n) is 13.7. The van der Waals surface area contributed by atoms with Gasteiger partial charge in [0.1, 0.15) is 5.01 Å². The molecule has 1 amide bonds. The maximum absolute atomic E-state index is 11.8. The number of aliphatic imine (C=N–C) groups is 1. The Morgan fingerprint density at radius 1 is 1.39 bits per heavy atom. The van der Waals surface area contributed by atoms with Gasteiger partial charge in [0.2, 0.25) is 5.91 Å². The lowest BCUT2D eigenvalue weighted by Gasteiger charge is -2.13. The summed E-state index contributed by atoms with van der Waals surface area (Å²) in [7, 11) is 1.72. The van der Waals surface area contributed by atoms with Crippen molar-refractivity contribution in [2.45, 2.75) is 51.6 Å². The average Bonchev–Trinajstić information content (AvgIpc) is 3.14. The molecule has 130 valence electrons. The molecule has 0 aliphatic heterocycles. The predicted octanol–water partition coefficient (Wildman–Crippen LogP) is 2.18. The van der Waals surface area contributed by atoms with Crippen LogP contribution in [0.25, 0.3) is 0 Å². The van der Waals surface area contributed by atoms with Crippen molar-refractivity contribution in [1.29, 1.82) is 0 Å². The normalized spacial score (nSPS) is 15.1. The molecule has 3 N–H and O–H groups in total. The highest BCUT2D eigenvalue weighted by atomic mass is 127. The maximum Gasteiger partial charge on any atom is 0.221 e. The number of halogens is 1. The Morgan fingerprint density at radius 2 is 2.13 bits per heavy atom. The fourth-order valence-corrected chi connectivity index (χ4v) is 3.25. The molecular weight excluding hydrogens is 425 g/mol. The van der Waals surface area contributed by atoms with Crippen molar-refractivity contribution in [3.05, 3.63) is 16.1 Å². The predicted molar refractivity (Wildman–Crippen MR) is 105 cm³/mol. The van der Waals surface area contributed by atoms with E-state index in [9.17, 15) is 4.79 Å². The number of hydrogen-bond donors (Lipinski definition) is 3. The molecule has 2 rings (SSSR count). The number of guanidine groups is 1. The molecule has 0 unspecified atom stereocenters. The van der Waals surface area contributed by atoms with Crippen LogP contribution in [0.15, 0.2) is 11.2 Å². The van der Waals surface area contributed by atoms with Gasteiger partial charge in [-0.3, -0.25) is 9.79 Å². The zero-order valence-corrected chi connectivity index (χ0v) is 16.9. The maximum atomic E-state index is 11.8. The third-order valence-electron chi connectivity index (χ3n) is 3.66. The molecule has 1 aliphatic rings. The van der Waals surface area contributed by atoms with E-state index in [1.165, 1.54) is 17.7 Å². The second-order valence-electron chi connectivity index (χ2n) is 5.52. The van der Waals surface area contributed by atoms with Crippen molar-refractivity contribution in [2.24, 2.45) is 4.99 Å². The molecule has 0 aromatic carbocycles. The lowest BCUT2D eigenvalue weighted by Crippen LogP contribution is -2.40. The topological polar surface area (TPSA) is 78.4 Å². The van der Waals surface area contributed by atoms with Crippen molar-refractivity contribution < 1.29 is 4.79 Å². The van der Waals surface area contributed by atoms with E-state index in [0.29, 0.717) is 31.5 Å². The van der Waals surface area contributed by atoms with Gasteiger partial charge in [-0.25, -0.2) is 4.98 Å². The second-order valence-corrected chi connectivity index (χ2v) is 6.84. The second kappa shape index (κ2) is 10.8. The molecule has 1 saturated carbocycles. The van der Waals surface area contributed by atoms with Gasteiger partial charge in [0.05, 0.1) is 6.54 Å². The van der Waals surface area contributed by atoms with Crippen LogP contribution in [-0.2, 0) is 11.3 Å². The number of carbonyl (C=O) groups is 1. The summed E-state index contributed by atoms with van der Waals surface area (Å²) >= 11 is 1.67. The summed E-state index contributed by atoms with van der Waals surface area (Å²) in [4.78, 5) is 21.5. The van der Waals surface area contributed by atoms with E-state index in [1.807, 2.05) is 13.1 Å². The molecule has 0 radical (unpaired) electrons. The van der Waals surface area contributed by atoms with Crippen LogP contribution >= 0.6 is 35.3 Å². The van der Waals surface area contributed by atoms with E-state index in [1.54, 1.807) is 18.4 Å². The standard InChI is InChI=1S/C15H25N5OS.HI/c1-11-9-18-14(22-11)10-19-15(16-2)17-8-7-13(21)20-12-5-3-4-6-12;/h9,12H,3-8,10H2,1-2H3,(H,20,21)(H2,16,17,19);1H. The summed E-state index contributed by atoms with van der Waals surface area (Å²) in [5.41, 5.74) is 0. The minimum absolute atomic E-state index is 0. The Bertz CT molecular complexity index is 514. The first-order valence-corrected chi connectivity index (χ1v) is 8.64. The van der Waals surface area contributed by atoms with Gasteiger partial charge in [0, 0.05) is 37.1 Å². The molecule has 1 aliphatic carbocycles. The molecule has 1 fully saturated rings. The quantitative estimate of drug-likeness (QED) is 0.352. The van der Waals surface area contributed by atoms with E-state index in [4.69, 9.17) is 0 Å². The summed E-state index contributed by atoms with van der Waals surface area (Å²) in [5, 5.41) is 10.5. The summed E-state index contributed by atoms with van der Waals surface area (Å²) in [6.45, 7) is 3.26. The van der Waals surface area contributed by atoms with Gasteiger partial charge in [-0.15, -0.1) is 35.3 Å². The van der Waals surface area contributed by atoms with Crippen LogP contribution in [-0.4, -0.2) is 36.5 Å². The lowest BCUT2D eigenvalue weighted by atomic mass is 10.2. The number of thiazole rings is 1. The largest absolute Gasteiger partial charge is 0.356 e. The van der Waals surface area contributed by atoms with Crippen LogP contribution in [0.2, 0.25) is 0 Å². The smallest absolute Gasteiger partial charge is 0.221 e. The van der Waals surface area contributed by atoms with E-state index in [0.717, 1.165) is 17.8 Å². The van der Waals surface area contributed by atoms with E-state index < -0.39 is 0 Å². The van der Waals surface area contributed by atoms with Crippen LogP contribution in [0.1, 0.15) is 42.0 Å². The summed E-state index contributed by atoms with van der Waals surface area (Å²) < 4.78 is 0. The molecule has 1 aromatic heterocycles. The monoisotopic (exact) mass is 451 g/mol. The molecule has 1 aromatic rings. The fourth-order valence-electron chi connectivity index (χ4n) is 2.53. The average molecular weight is 451 g/mol. The third kappa shape index (κ3) is 7.47. The first-order chi connectivity index (χ1) is 10.7. The Hall–Kier alpha value is -0.900. The molecular formula is C15H26IN5OS. The highest BCUT2D eigenvalue weighted by Gasteiger charge is 2.16. The molecule has 0 spiro atoms. The van der Waals surface area contributed by atoms with Gasteiger partial charge in [-0.2, -0.15) is 0 Å². The van der Waals surface area contributed by atoms with Gasteiger partial charge in [0.15, 0.2) is 5.96 Å². The molecule has 0 bridgehead atoms. The van der Waals surface area contributed by atoms with Crippen molar-refractivity contribution in [3.63, 3.8) is 0 Å². The van der Waals surface area contributed by atoms with Crippen LogP contribution in [0, 0.1) is 6.92 Å². The first kappa shape index (κ1) is 20.1. The summed E-state index contributed by atoms with van der Waals surface area (Å²) in [5.74, 6) is 0.812. The van der Waals surface area contributed by atoms with E-state index in [2.05, 4.69) is 25.9 Å². The van der Waals surface area contributed by atoms with Crippen molar-refractivity contribution in [2.75, 3.05) is 13.6 Å². The van der Waals surface area contributed by atoms with Crippen LogP contribution in [0.3, 0.4) is 0 Å². The van der Waals surface area contributed by atoms with Crippen LogP contribution in [0.4, 0.5) is 0 Å². The van der Waals surface area contributed by atoms with Crippen molar-refractivity contribution in [3.8, 4) is 0 Å². The molecule has 8 heteroatoms. The van der Waals surface area contributed by atoms with E-state index in [-0.39, 0.29) is 29.9 Å².